The lowest BCUT2D eigenvalue weighted by Crippen LogP contribution is -2.30. The smallest absolute Gasteiger partial charge is 0.181 e. The van der Waals surface area contributed by atoms with Gasteiger partial charge in [0.05, 0.1) is 6.61 Å². The quantitative estimate of drug-likeness (QED) is 0.863. The second-order valence-corrected chi connectivity index (χ2v) is 7.47. The number of aromatic amines is 1. The van der Waals surface area contributed by atoms with Crippen LogP contribution in [0.3, 0.4) is 0 Å². The van der Waals surface area contributed by atoms with Crippen molar-refractivity contribution in [3.05, 3.63) is 30.1 Å². The van der Waals surface area contributed by atoms with Gasteiger partial charge in [-0.15, -0.1) is 0 Å². The molecule has 2 unspecified atom stereocenters. The fraction of sp³-hybridized carbons (Fsp3) is 0.600. The Labute approximate surface area is 145 Å². The minimum absolute atomic E-state index is 0.665. The first kappa shape index (κ1) is 17.0. The van der Waals surface area contributed by atoms with Crippen LogP contribution in [0.4, 0.5) is 0 Å². The predicted molar refractivity (Wildman–Crippen MR) is 96.9 cm³/mol. The maximum absolute atomic E-state index is 5.57. The first-order valence-corrected chi connectivity index (χ1v) is 9.21. The van der Waals surface area contributed by atoms with E-state index in [0.717, 1.165) is 47.1 Å². The van der Waals surface area contributed by atoms with Crippen molar-refractivity contribution in [2.75, 3.05) is 6.61 Å². The molecule has 1 aliphatic carbocycles. The highest BCUT2D eigenvalue weighted by Crippen LogP contribution is 2.39. The molecule has 4 nitrogen and oxygen atoms in total. The zero-order valence-corrected chi connectivity index (χ0v) is 15.2. The predicted octanol–water partition coefficient (Wildman–Crippen LogP) is 4.73. The van der Waals surface area contributed by atoms with Crippen molar-refractivity contribution in [1.29, 1.82) is 0 Å². The molecule has 1 aromatic heterocycles. The summed E-state index contributed by atoms with van der Waals surface area (Å²) in [7, 11) is 0. The number of nitrogens with one attached hydrogen (secondary N) is 1. The summed E-state index contributed by atoms with van der Waals surface area (Å²) in [4.78, 5) is 4.74. The van der Waals surface area contributed by atoms with E-state index < -0.39 is 0 Å². The van der Waals surface area contributed by atoms with Crippen molar-refractivity contribution in [2.45, 2.75) is 47.0 Å². The van der Waals surface area contributed by atoms with Crippen LogP contribution in [0.2, 0.25) is 0 Å². The van der Waals surface area contributed by atoms with E-state index >= 15 is 0 Å². The number of rotatable bonds is 5. The second kappa shape index (κ2) is 7.37. The van der Waals surface area contributed by atoms with Gasteiger partial charge >= 0.3 is 0 Å². The average molecular weight is 327 g/mol. The monoisotopic (exact) mass is 327 g/mol. The van der Waals surface area contributed by atoms with Crippen molar-refractivity contribution in [3.63, 3.8) is 0 Å². The van der Waals surface area contributed by atoms with E-state index in [9.17, 15) is 0 Å². The number of benzene rings is 1. The highest BCUT2D eigenvalue weighted by Gasteiger charge is 2.32. The fourth-order valence-corrected chi connectivity index (χ4v) is 4.31. The van der Waals surface area contributed by atoms with Crippen LogP contribution in [0.15, 0.2) is 24.3 Å². The maximum atomic E-state index is 5.57. The molecular formula is C20H29N3O. The third-order valence-corrected chi connectivity index (χ3v) is 5.37. The number of hydrogen-bond donors (Lipinski definition) is 1. The summed E-state index contributed by atoms with van der Waals surface area (Å²) >= 11 is 0. The molecule has 1 aromatic carbocycles. The van der Waals surface area contributed by atoms with E-state index in [-0.39, 0.29) is 0 Å². The molecule has 0 aliphatic heterocycles. The number of H-pyrrole nitrogens is 1. The van der Waals surface area contributed by atoms with E-state index in [2.05, 4.69) is 31.0 Å². The molecule has 1 aliphatic rings. The van der Waals surface area contributed by atoms with E-state index in [1.54, 1.807) is 0 Å². The Kier molecular flexibility index (Phi) is 5.22. The van der Waals surface area contributed by atoms with Gasteiger partial charge in [-0.3, -0.25) is 5.10 Å². The summed E-state index contributed by atoms with van der Waals surface area (Å²) in [5.41, 5.74) is 1.00. The molecule has 1 fully saturated rings. The van der Waals surface area contributed by atoms with Gasteiger partial charge in [-0.25, -0.2) is 4.98 Å². The van der Waals surface area contributed by atoms with Crippen LogP contribution in [0.1, 0.15) is 46.4 Å². The van der Waals surface area contributed by atoms with Crippen molar-refractivity contribution in [1.82, 2.24) is 15.2 Å². The normalized spacial score (nSPS) is 27.2. The highest BCUT2D eigenvalue weighted by atomic mass is 16.5. The summed E-state index contributed by atoms with van der Waals surface area (Å²) in [6.45, 7) is 9.81. The van der Waals surface area contributed by atoms with E-state index in [1.807, 2.05) is 31.2 Å². The van der Waals surface area contributed by atoms with Gasteiger partial charge in [-0.05, 0) is 55.6 Å². The summed E-state index contributed by atoms with van der Waals surface area (Å²) in [5.74, 6) is 5.66. The van der Waals surface area contributed by atoms with E-state index in [4.69, 9.17) is 9.72 Å². The molecule has 0 radical (unpaired) electrons. The summed E-state index contributed by atoms with van der Waals surface area (Å²) < 4.78 is 5.57. The van der Waals surface area contributed by atoms with Crippen LogP contribution < -0.4 is 4.74 Å². The van der Waals surface area contributed by atoms with Crippen LogP contribution >= 0.6 is 0 Å². The Morgan fingerprint density at radius 2 is 1.92 bits per heavy atom. The molecular weight excluding hydrogens is 298 g/mol. The molecule has 0 saturated heterocycles. The van der Waals surface area contributed by atoms with Crippen LogP contribution in [0, 0.1) is 23.7 Å². The SMILES string of the molecule is CCOc1cccc(-c2n[nH]c(CC3C(C)CC(C)CC3C)n2)c1. The Morgan fingerprint density at radius 1 is 1.17 bits per heavy atom. The van der Waals surface area contributed by atoms with Crippen LogP contribution in [0.25, 0.3) is 11.4 Å². The third-order valence-electron chi connectivity index (χ3n) is 5.37. The highest BCUT2D eigenvalue weighted by molar-refractivity contribution is 5.57. The molecule has 0 amide bonds. The Morgan fingerprint density at radius 3 is 2.62 bits per heavy atom. The Bertz CT molecular complexity index is 654. The number of nitrogens with zero attached hydrogens (tertiary/aromatic N) is 2. The topological polar surface area (TPSA) is 50.8 Å². The van der Waals surface area contributed by atoms with Gasteiger partial charge in [-0.2, -0.15) is 5.10 Å². The summed E-state index contributed by atoms with van der Waals surface area (Å²) in [6.07, 6.45) is 3.64. The molecule has 0 bridgehead atoms. The van der Waals surface area contributed by atoms with Gasteiger partial charge in [0.25, 0.3) is 0 Å². The summed E-state index contributed by atoms with van der Waals surface area (Å²) in [5, 5.41) is 7.58. The first-order valence-electron chi connectivity index (χ1n) is 9.21. The van der Waals surface area contributed by atoms with E-state index in [1.165, 1.54) is 12.8 Å². The lowest BCUT2D eigenvalue weighted by molar-refractivity contribution is 0.134. The molecule has 4 heteroatoms. The Balaban J connectivity index is 1.72. The fourth-order valence-electron chi connectivity index (χ4n) is 4.31. The van der Waals surface area contributed by atoms with Crippen molar-refractivity contribution >= 4 is 0 Å². The van der Waals surface area contributed by atoms with Gasteiger partial charge in [-0.1, -0.05) is 32.9 Å². The minimum Gasteiger partial charge on any atom is -0.494 e. The lowest BCUT2D eigenvalue weighted by atomic mass is 9.68. The number of aromatic nitrogens is 3. The van der Waals surface area contributed by atoms with Gasteiger partial charge in [0.15, 0.2) is 5.82 Å². The van der Waals surface area contributed by atoms with Crippen molar-refractivity contribution in [3.8, 4) is 17.1 Å². The molecule has 1 N–H and O–H groups in total. The second-order valence-electron chi connectivity index (χ2n) is 7.47. The molecule has 2 atom stereocenters. The minimum atomic E-state index is 0.665. The molecule has 0 spiro atoms. The van der Waals surface area contributed by atoms with E-state index in [0.29, 0.717) is 12.5 Å². The standard InChI is InChI=1S/C20H29N3O/c1-5-24-17-8-6-7-16(11-17)20-21-19(22-23-20)12-18-14(3)9-13(2)10-15(18)4/h6-8,11,13-15,18H,5,9-10,12H2,1-4H3,(H,21,22,23). The van der Waals surface area contributed by atoms with Gasteiger partial charge in [0.1, 0.15) is 11.6 Å². The number of ether oxygens (including phenoxy) is 1. The maximum Gasteiger partial charge on any atom is 0.181 e. The largest absolute Gasteiger partial charge is 0.494 e. The van der Waals surface area contributed by atoms with Gasteiger partial charge in [0.2, 0.25) is 0 Å². The van der Waals surface area contributed by atoms with Crippen LogP contribution in [-0.4, -0.2) is 21.8 Å². The zero-order chi connectivity index (χ0) is 17.1. The van der Waals surface area contributed by atoms with Crippen LogP contribution in [0.5, 0.6) is 5.75 Å². The molecule has 1 heterocycles. The molecule has 2 aromatic rings. The van der Waals surface area contributed by atoms with Crippen molar-refractivity contribution < 1.29 is 4.74 Å². The van der Waals surface area contributed by atoms with Gasteiger partial charge in [0, 0.05) is 12.0 Å². The summed E-state index contributed by atoms with van der Waals surface area (Å²) in [6, 6.07) is 7.99. The number of hydrogen-bond acceptors (Lipinski definition) is 3. The zero-order valence-electron chi connectivity index (χ0n) is 15.2. The average Bonchev–Trinajstić information content (AvgIpc) is 3.00. The van der Waals surface area contributed by atoms with Crippen LogP contribution in [-0.2, 0) is 6.42 Å². The lowest BCUT2D eigenvalue weighted by Gasteiger charge is -2.37. The molecule has 1 saturated carbocycles. The Hall–Kier alpha value is -1.84. The molecule has 24 heavy (non-hydrogen) atoms. The molecule has 130 valence electrons. The van der Waals surface area contributed by atoms with Gasteiger partial charge < -0.3 is 4.74 Å². The van der Waals surface area contributed by atoms with Crippen molar-refractivity contribution in [2.24, 2.45) is 23.7 Å². The first-order chi connectivity index (χ1) is 11.6. The molecule has 3 rings (SSSR count). The third kappa shape index (κ3) is 3.80.